The largest absolute Gasteiger partial charge is 0.381 e. The number of thiophene rings is 1. The lowest BCUT2D eigenvalue weighted by Crippen LogP contribution is -2.36. The molecular formula is C14H18N2OS2. The number of rotatable bonds is 4. The van der Waals surface area contributed by atoms with Crippen LogP contribution < -0.4 is 0 Å². The van der Waals surface area contributed by atoms with E-state index in [1.807, 2.05) is 7.11 Å². The maximum Gasteiger partial charge on any atom is 0.133 e. The van der Waals surface area contributed by atoms with Gasteiger partial charge in [-0.15, -0.1) is 22.7 Å². The summed E-state index contributed by atoms with van der Waals surface area (Å²) in [4.78, 5) is 8.49. The van der Waals surface area contributed by atoms with Crippen molar-refractivity contribution in [2.75, 3.05) is 20.2 Å². The number of likely N-dealkylation sites (tertiary alicyclic amines) is 1. The molecule has 0 saturated carbocycles. The van der Waals surface area contributed by atoms with Crippen LogP contribution in [0.2, 0.25) is 0 Å². The number of hydrogen-bond acceptors (Lipinski definition) is 5. The van der Waals surface area contributed by atoms with Gasteiger partial charge in [0.25, 0.3) is 0 Å². The SMILES string of the molecule is COC1CCN(Cc2csc(-c3cccs3)n2)CC1. The lowest BCUT2D eigenvalue weighted by atomic mass is 10.1. The van der Waals surface area contributed by atoms with Gasteiger partial charge in [-0.2, -0.15) is 0 Å². The standard InChI is InChI=1S/C14H18N2OS2/c1-17-12-4-6-16(7-5-12)9-11-10-19-14(15-11)13-3-2-8-18-13/h2-3,8,10,12H,4-7,9H2,1H3. The van der Waals surface area contributed by atoms with Gasteiger partial charge in [-0.3, -0.25) is 4.90 Å². The number of hydrogen-bond donors (Lipinski definition) is 0. The van der Waals surface area contributed by atoms with Crippen molar-refractivity contribution in [2.24, 2.45) is 0 Å². The summed E-state index contributed by atoms with van der Waals surface area (Å²) < 4.78 is 5.40. The third-order valence-corrected chi connectivity index (χ3v) is 5.47. The van der Waals surface area contributed by atoms with Crippen LogP contribution in [0.4, 0.5) is 0 Å². The molecule has 3 nitrogen and oxygen atoms in total. The average Bonchev–Trinajstić information content (AvgIpc) is 3.10. The maximum atomic E-state index is 5.40. The zero-order chi connectivity index (χ0) is 13.1. The molecule has 2 aromatic heterocycles. The molecule has 1 fully saturated rings. The molecule has 0 atom stereocenters. The van der Waals surface area contributed by atoms with Gasteiger partial charge in [-0.25, -0.2) is 4.98 Å². The smallest absolute Gasteiger partial charge is 0.133 e. The number of thiazole rings is 1. The third-order valence-electron chi connectivity index (χ3n) is 3.54. The topological polar surface area (TPSA) is 25.4 Å². The zero-order valence-electron chi connectivity index (χ0n) is 11.0. The van der Waals surface area contributed by atoms with Crippen LogP contribution in [0, 0.1) is 0 Å². The monoisotopic (exact) mass is 294 g/mol. The number of aromatic nitrogens is 1. The molecule has 0 unspecified atom stereocenters. The van der Waals surface area contributed by atoms with Crippen LogP contribution in [0.25, 0.3) is 9.88 Å². The predicted octanol–water partition coefficient (Wildman–Crippen LogP) is 3.48. The average molecular weight is 294 g/mol. The van der Waals surface area contributed by atoms with Gasteiger partial charge in [0.05, 0.1) is 16.7 Å². The lowest BCUT2D eigenvalue weighted by Gasteiger charge is -2.30. The van der Waals surface area contributed by atoms with Crippen molar-refractivity contribution < 1.29 is 4.74 Å². The Kier molecular flexibility index (Phi) is 4.28. The number of ether oxygens (including phenoxy) is 1. The van der Waals surface area contributed by atoms with Crippen LogP contribution in [0.15, 0.2) is 22.9 Å². The summed E-state index contributed by atoms with van der Waals surface area (Å²) in [5, 5.41) is 5.44. The highest BCUT2D eigenvalue weighted by Gasteiger charge is 2.19. The molecule has 5 heteroatoms. The van der Waals surface area contributed by atoms with Crippen molar-refractivity contribution in [3.05, 3.63) is 28.6 Å². The molecule has 0 radical (unpaired) electrons. The van der Waals surface area contributed by atoms with Crippen LogP contribution in [-0.2, 0) is 11.3 Å². The highest BCUT2D eigenvalue weighted by Crippen LogP contribution is 2.28. The predicted molar refractivity (Wildman–Crippen MR) is 80.7 cm³/mol. The van der Waals surface area contributed by atoms with Crippen molar-refractivity contribution in [3.8, 4) is 9.88 Å². The Morgan fingerprint density at radius 3 is 2.89 bits per heavy atom. The zero-order valence-corrected chi connectivity index (χ0v) is 12.7. The molecule has 0 N–H and O–H groups in total. The van der Waals surface area contributed by atoms with Crippen molar-refractivity contribution >= 4 is 22.7 Å². The van der Waals surface area contributed by atoms with Gasteiger partial charge in [0, 0.05) is 32.1 Å². The molecule has 102 valence electrons. The van der Waals surface area contributed by atoms with Gasteiger partial charge in [-0.05, 0) is 24.3 Å². The summed E-state index contributed by atoms with van der Waals surface area (Å²) in [7, 11) is 1.81. The van der Waals surface area contributed by atoms with E-state index in [2.05, 4.69) is 27.8 Å². The summed E-state index contributed by atoms with van der Waals surface area (Å²) in [6.45, 7) is 3.20. The molecule has 2 aromatic rings. The Bertz CT molecular complexity index is 501. The first-order valence-corrected chi connectivity index (χ1v) is 8.34. The maximum absolute atomic E-state index is 5.40. The summed E-state index contributed by atoms with van der Waals surface area (Å²) >= 11 is 3.51. The lowest BCUT2D eigenvalue weighted by molar-refractivity contribution is 0.0386. The van der Waals surface area contributed by atoms with Crippen LogP contribution in [0.1, 0.15) is 18.5 Å². The quantitative estimate of drug-likeness (QED) is 0.863. The first-order chi connectivity index (χ1) is 9.35. The molecule has 0 spiro atoms. The van der Waals surface area contributed by atoms with Crippen LogP contribution in [0.5, 0.6) is 0 Å². The highest BCUT2D eigenvalue weighted by molar-refractivity contribution is 7.20. The first-order valence-electron chi connectivity index (χ1n) is 6.58. The highest BCUT2D eigenvalue weighted by atomic mass is 32.1. The molecule has 1 aliphatic rings. The minimum atomic E-state index is 0.452. The summed E-state index contributed by atoms with van der Waals surface area (Å²) in [5.74, 6) is 0. The van der Waals surface area contributed by atoms with E-state index in [0.29, 0.717) is 6.10 Å². The minimum absolute atomic E-state index is 0.452. The molecule has 3 heterocycles. The van der Waals surface area contributed by atoms with E-state index in [0.717, 1.165) is 37.5 Å². The van der Waals surface area contributed by atoms with E-state index < -0.39 is 0 Å². The first kappa shape index (κ1) is 13.2. The van der Waals surface area contributed by atoms with Crippen molar-refractivity contribution in [1.29, 1.82) is 0 Å². The van der Waals surface area contributed by atoms with Gasteiger partial charge in [-0.1, -0.05) is 6.07 Å². The van der Waals surface area contributed by atoms with E-state index in [-0.39, 0.29) is 0 Å². The summed E-state index contributed by atoms with van der Waals surface area (Å²) in [6.07, 6.45) is 2.73. The van der Waals surface area contributed by atoms with Crippen molar-refractivity contribution in [3.63, 3.8) is 0 Å². The molecule has 0 aromatic carbocycles. The van der Waals surface area contributed by atoms with Crippen molar-refractivity contribution in [1.82, 2.24) is 9.88 Å². The Morgan fingerprint density at radius 2 is 2.21 bits per heavy atom. The number of nitrogens with zero attached hydrogens (tertiary/aromatic N) is 2. The fraction of sp³-hybridized carbons (Fsp3) is 0.500. The second-order valence-corrected chi connectivity index (χ2v) is 6.64. The normalized spacial score (nSPS) is 17.9. The van der Waals surface area contributed by atoms with Crippen molar-refractivity contribution in [2.45, 2.75) is 25.5 Å². The van der Waals surface area contributed by atoms with E-state index >= 15 is 0 Å². The Hall–Kier alpha value is -0.750. The molecule has 1 saturated heterocycles. The number of piperidine rings is 1. The molecule has 19 heavy (non-hydrogen) atoms. The molecular weight excluding hydrogens is 276 g/mol. The van der Waals surface area contributed by atoms with E-state index in [4.69, 9.17) is 9.72 Å². The minimum Gasteiger partial charge on any atom is -0.381 e. The van der Waals surface area contributed by atoms with Gasteiger partial charge in [0.15, 0.2) is 0 Å². The van der Waals surface area contributed by atoms with Gasteiger partial charge < -0.3 is 4.74 Å². The van der Waals surface area contributed by atoms with Gasteiger partial charge in [0.2, 0.25) is 0 Å². The Morgan fingerprint density at radius 1 is 1.37 bits per heavy atom. The van der Waals surface area contributed by atoms with Crippen LogP contribution in [-0.4, -0.2) is 36.2 Å². The van der Waals surface area contributed by atoms with Gasteiger partial charge >= 0.3 is 0 Å². The third kappa shape index (κ3) is 3.23. The molecule has 1 aliphatic heterocycles. The van der Waals surface area contributed by atoms with Crippen LogP contribution in [0.3, 0.4) is 0 Å². The van der Waals surface area contributed by atoms with Crippen LogP contribution >= 0.6 is 22.7 Å². The molecule has 3 rings (SSSR count). The number of methoxy groups -OCH3 is 1. The molecule has 0 amide bonds. The fourth-order valence-electron chi connectivity index (χ4n) is 2.43. The molecule has 0 aliphatic carbocycles. The Labute approximate surface area is 121 Å². The molecule has 0 bridgehead atoms. The fourth-order valence-corrected chi connectivity index (χ4v) is 4.05. The summed E-state index contributed by atoms with van der Waals surface area (Å²) in [5.41, 5.74) is 1.20. The Balaban J connectivity index is 1.59. The second-order valence-electron chi connectivity index (χ2n) is 4.83. The van der Waals surface area contributed by atoms with E-state index in [1.54, 1.807) is 22.7 Å². The van der Waals surface area contributed by atoms with Gasteiger partial charge in [0.1, 0.15) is 5.01 Å². The van der Waals surface area contributed by atoms with E-state index in [1.165, 1.54) is 10.6 Å². The second kappa shape index (κ2) is 6.13. The van der Waals surface area contributed by atoms with E-state index in [9.17, 15) is 0 Å². The summed E-state index contributed by atoms with van der Waals surface area (Å²) in [6, 6.07) is 4.22.